The molecule has 6 nitrogen and oxygen atoms in total. The van der Waals surface area contributed by atoms with Crippen molar-refractivity contribution in [3.05, 3.63) is 71.3 Å². The summed E-state index contributed by atoms with van der Waals surface area (Å²) in [6, 6.07) is 17.5. The molecule has 3 N–H and O–H groups in total. The van der Waals surface area contributed by atoms with Crippen molar-refractivity contribution in [2.75, 3.05) is 13.1 Å². The number of carbonyl (C=O) groups is 2. The van der Waals surface area contributed by atoms with E-state index in [2.05, 4.69) is 42.0 Å². The number of amides is 1. The van der Waals surface area contributed by atoms with E-state index < -0.39 is 11.4 Å². The molecule has 0 bridgehead atoms. The Morgan fingerprint density at radius 2 is 1.66 bits per heavy atom. The number of hydrogen-bond acceptors (Lipinski definition) is 4. The van der Waals surface area contributed by atoms with E-state index in [-0.39, 0.29) is 18.0 Å². The van der Waals surface area contributed by atoms with E-state index in [0.717, 1.165) is 11.1 Å². The average molecular weight is 393 g/mol. The largest absolute Gasteiger partial charge is 0.481 e. The van der Waals surface area contributed by atoms with Crippen LogP contribution in [-0.2, 0) is 15.0 Å². The number of nitrogens with one attached hydrogen (secondary N) is 2. The van der Waals surface area contributed by atoms with E-state index in [1.165, 1.54) is 5.56 Å². The van der Waals surface area contributed by atoms with Crippen molar-refractivity contribution in [3.63, 3.8) is 0 Å². The lowest BCUT2D eigenvalue weighted by molar-refractivity contribution is -0.148. The van der Waals surface area contributed by atoms with Gasteiger partial charge in [0.1, 0.15) is 6.04 Å². The first-order valence-electron chi connectivity index (χ1n) is 10.1. The highest BCUT2D eigenvalue weighted by atomic mass is 16.4. The van der Waals surface area contributed by atoms with Crippen LogP contribution in [0.4, 0.5) is 0 Å². The first-order valence-corrected chi connectivity index (χ1v) is 10.1. The van der Waals surface area contributed by atoms with E-state index in [1.54, 1.807) is 4.90 Å². The maximum Gasteiger partial charge on any atom is 0.314 e. The van der Waals surface area contributed by atoms with Crippen LogP contribution < -0.4 is 10.9 Å². The third-order valence-corrected chi connectivity index (χ3v) is 6.35. The van der Waals surface area contributed by atoms with Gasteiger partial charge >= 0.3 is 5.97 Å². The van der Waals surface area contributed by atoms with Crippen molar-refractivity contribution < 1.29 is 14.7 Å². The van der Waals surface area contributed by atoms with E-state index in [1.807, 2.05) is 30.3 Å². The van der Waals surface area contributed by atoms with Crippen LogP contribution in [0.5, 0.6) is 0 Å². The van der Waals surface area contributed by atoms with E-state index in [0.29, 0.717) is 32.4 Å². The number of hydrogen-bond donors (Lipinski definition) is 3. The Morgan fingerprint density at radius 3 is 2.28 bits per heavy atom. The SMILES string of the molecule is Cc1ccc(C2CC(C(=O)N3CCC(C(=O)O)(c4ccccc4)CC3)NN2)cc1. The van der Waals surface area contributed by atoms with Crippen LogP contribution >= 0.6 is 0 Å². The third kappa shape index (κ3) is 3.78. The van der Waals surface area contributed by atoms with Gasteiger partial charge in [-0.25, -0.2) is 10.9 Å². The number of carboxylic acid groups (broad SMARTS) is 1. The Hall–Kier alpha value is -2.70. The minimum Gasteiger partial charge on any atom is -0.481 e. The summed E-state index contributed by atoms with van der Waals surface area (Å²) in [6.45, 7) is 2.96. The van der Waals surface area contributed by atoms with Crippen LogP contribution in [-0.4, -0.2) is 41.0 Å². The normalized spacial score (nSPS) is 23.7. The predicted molar refractivity (Wildman–Crippen MR) is 110 cm³/mol. The number of nitrogens with zero attached hydrogens (tertiary/aromatic N) is 1. The minimum absolute atomic E-state index is 0.0409. The summed E-state index contributed by atoms with van der Waals surface area (Å²) >= 11 is 0. The molecule has 0 aliphatic carbocycles. The van der Waals surface area contributed by atoms with E-state index in [9.17, 15) is 14.7 Å². The molecular weight excluding hydrogens is 366 g/mol. The molecule has 152 valence electrons. The number of likely N-dealkylation sites (tertiary alicyclic amines) is 1. The van der Waals surface area contributed by atoms with Crippen molar-refractivity contribution >= 4 is 11.9 Å². The van der Waals surface area contributed by atoms with Crippen molar-refractivity contribution in [1.29, 1.82) is 0 Å². The maximum atomic E-state index is 13.0. The lowest BCUT2D eigenvalue weighted by Crippen LogP contribution is -2.53. The van der Waals surface area contributed by atoms with Gasteiger partial charge in [-0.1, -0.05) is 60.2 Å². The Bertz CT molecular complexity index is 874. The van der Waals surface area contributed by atoms with Gasteiger partial charge in [-0.2, -0.15) is 0 Å². The number of benzene rings is 2. The molecule has 2 aliphatic heterocycles. The number of rotatable bonds is 4. The summed E-state index contributed by atoms with van der Waals surface area (Å²) in [5.41, 5.74) is 8.64. The molecule has 0 saturated carbocycles. The van der Waals surface area contributed by atoms with Crippen molar-refractivity contribution in [2.45, 2.75) is 43.7 Å². The molecule has 2 heterocycles. The fourth-order valence-corrected chi connectivity index (χ4v) is 4.45. The summed E-state index contributed by atoms with van der Waals surface area (Å²) in [4.78, 5) is 26.9. The summed E-state index contributed by atoms with van der Waals surface area (Å²) in [6.07, 6.45) is 1.54. The van der Waals surface area contributed by atoms with Gasteiger partial charge < -0.3 is 10.0 Å². The first kappa shape index (κ1) is 19.6. The summed E-state index contributed by atoms with van der Waals surface area (Å²) in [5.74, 6) is -0.768. The number of aryl methyl sites for hydroxylation is 1. The number of carboxylic acids is 1. The molecule has 2 aromatic rings. The molecule has 29 heavy (non-hydrogen) atoms. The second kappa shape index (κ2) is 7.97. The highest BCUT2D eigenvalue weighted by Crippen LogP contribution is 2.36. The van der Waals surface area contributed by atoms with Crippen LogP contribution in [0, 0.1) is 6.92 Å². The smallest absolute Gasteiger partial charge is 0.314 e. The lowest BCUT2D eigenvalue weighted by atomic mass is 9.72. The predicted octanol–water partition coefficient (Wildman–Crippen LogP) is 2.55. The number of aliphatic carboxylic acids is 1. The van der Waals surface area contributed by atoms with Crippen LogP contribution in [0.2, 0.25) is 0 Å². The Labute approximate surface area is 170 Å². The standard InChI is InChI=1S/C23H27N3O3/c1-16-7-9-17(10-8-16)19-15-20(25-24-19)21(27)26-13-11-23(12-14-26,22(28)29)18-5-3-2-4-6-18/h2-10,19-20,24-25H,11-15H2,1H3,(H,28,29). The van der Waals surface area contributed by atoms with Crippen LogP contribution in [0.3, 0.4) is 0 Å². The molecule has 2 unspecified atom stereocenters. The molecule has 2 atom stereocenters. The Morgan fingerprint density at radius 1 is 1.00 bits per heavy atom. The number of piperidine rings is 1. The average Bonchev–Trinajstić information content (AvgIpc) is 3.24. The van der Waals surface area contributed by atoms with Gasteiger partial charge in [0.05, 0.1) is 5.41 Å². The molecule has 2 aromatic carbocycles. The van der Waals surface area contributed by atoms with Crippen LogP contribution in [0.15, 0.2) is 54.6 Å². The Balaban J connectivity index is 1.40. The van der Waals surface area contributed by atoms with Crippen LogP contribution in [0.1, 0.15) is 42.0 Å². The molecule has 2 fully saturated rings. The molecule has 0 spiro atoms. The highest BCUT2D eigenvalue weighted by molar-refractivity contribution is 5.84. The number of hydrazine groups is 1. The molecule has 0 radical (unpaired) electrons. The molecule has 6 heteroatoms. The lowest BCUT2D eigenvalue weighted by Gasteiger charge is -2.40. The van der Waals surface area contributed by atoms with Gasteiger partial charge in [0, 0.05) is 19.1 Å². The van der Waals surface area contributed by atoms with E-state index in [4.69, 9.17) is 0 Å². The molecule has 0 aromatic heterocycles. The van der Waals surface area contributed by atoms with Crippen molar-refractivity contribution in [3.8, 4) is 0 Å². The van der Waals surface area contributed by atoms with E-state index >= 15 is 0 Å². The molecule has 2 saturated heterocycles. The maximum absolute atomic E-state index is 13.0. The quantitative estimate of drug-likeness (QED) is 0.744. The minimum atomic E-state index is -0.913. The van der Waals surface area contributed by atoms with Gasteiger partial charge in [0.2, 0.25) is 5.91 Å². The zero-order valence-corrected chi connectivity index (χ0v) is 16.6. The van der Waals surface area contributed by atoms with Gasteiger partial charge in [0.15, 0.2) is 0 Å². The van der Waals surface area contributed by atoms with Gasteiger partial charge in [0.25, 0.3) is 0 Å². The molecule has 2 aliphatic rings. The second-order valence-corrected chi connectivity index (χ2v) is 8.12. The van der Waals surface area contributed by atoms with Crippen molar-refractivity contribution in [2.24, 2.45) is 0 Å². The fourth-order valence-electron chi connectivity index (χ4n) is 4.45. The van der Waals surface area contributed by atoms with Gasteiger partial charge in [-0.05, 0) is 37.3 Å². The zero-order valence-electron chi connectivity index (χ0n) is 16.6. The highest BCUT2D eigenvalue weighted by Gasteiger charge is 2.45. The zero-order chi connectivity index (χ0) is 20.4. The van der Waals surface area contributed by atoms with Gasteiger partial charge in [-0.15, -0.1) is 0 Å². The summed E-state index contributed by atoms with van der Waals surface area (Å²) in [5, 5.41) is 9.93. The molecule has 4 rings (SSSR count). The third-order valence-electron chi connectivity index (χ3n) is 6.35. The molecular formula is C23H27N3O3. The van der Waals surface area contributed by atoms with Crippen LogP contribution in [0.25, 0.3) is 0 Å². The van der Waals surface area contributed by atoms with Crippen molar-refractivity contribution in [1.82, 2.24) is 15.8 Å². The fraction of sp³-hybridized carbons (Fsp3) is 0.391. The van der Waals surface area contributed by atoms with Gasteiger partial charge in [-0.3, -0.25) is 9.59 Å². The summed E-state index contributed by atoms with van der Waals surface area (Å²) in [7, 11) is 0. The molecule has 1 amide bonds. The second-order valence-electron chi connectivity index (χ2n) is 8.12. The summed E-state index contributed by atoms with van der Waals surface area (Å²) < 4.78 is 0. The monoisotopic (exact) mass is 393 g/mol. The number of carbonyl (C=O) groups excluding carboxylic acids is 1. The Kier molecular flexibility index (Phi) is 5.39. The topological polar surface area (TPSA) is 81.7 Å². The first-order chi connectivity index (χ1) is 14.0.